The van der Waals surface area contributed by atoms with E-state index in [1.54, 1.807) is 24.3 Å². The summed E-state index contributed by atoms with van der Waals surface area (Å²) in [6.45, 7) is 0. The van der Waals surface area contributed by atoms with Crippen molar-refractivity contribution in [3.63, 3.8) is 0 Å². The molecule has 0 aliphatic carbocycles. The molecule has 0 bridgehead atoms. The largest absolute Gasteiger partial charge is 0.493 e. The van der Waals surface area contributed by atoms with Crippen molar-refractivity contribution in [2.24, 2.45) is 0 Å². The normalized spacial score (nSPS) is 11.6. The van der Waals surface area contributed by atoms with Gasteiger partial charge in [-0.05, 0) is 17.7 Å². The minimum atomic E-state index is -1.13. The van der Waals surface area contributed by atoms with Crippen LogP contribution in [0.5, 0.6) is 11.5 Å². The van der Waals surface area contributed by atoms with Gasteiger partial charge < -0.3 is 14.6 Å². The van der Waals surface area contributed by atoms with E-state index in [0.717, 1.165) is 0 Å². The molecule has 0 radical (unpaired) electrons. The second kappa shape index (κ2) is 4.49. The Balaban J connectivity index is 3.08. The molecule has 1 aromatic rings. The van der Waals surface area contributed by atoms with Gasteiger partial charge >= 0.3 is 0 Å². The van der Waals surface area contributed by atoms with Gasteiger partial charge in [-0.1, -0.05) is 6.07 Å². The SMILES string of the molecule is COc1ccc(C(O)C#N)cc1OC. The number of aliphatic hydroxyl groups is 1. The van der Waals surface area contributed by atoms with Crippen molar-refractivity contribution in [1.82, 2.24) is 0 Å². The zero-order valence-corrected chi connectivity index (χ0v) is 8.02. The van der Waals surface area contributed by atoms with E-state index in [1.165, 1.54) is 14.2 Å². The highest BCUT2D eigenvalue weighted by Gasteiger charge is 2.10. The monoisotopic (exact) mass is 193 g/mol. The van der Waals surface area contributed by atoms with Crippen molar-refractivity contribution in [2.45, 2.75) is 6.10 Å². The molecule has 14 heavy (non-hydrogen) atoms. The molecule has 0 aliphatic rings. The first-order valence-corrected chi connectivity index (χ1v) is 4.02. The number of rotatable bonds is 3. The average Bonchev–Trinajstić information content (AvgIpc) is 2.26. The Morgan fingerprint density at radius 2 is 1.93 bits per heavy atom. The molecular formula is C10H11NO3. The van der Waals surface area contributed by atoms with Crippen LogP contribution < -0.4 is 9.47 Å². The molecule has 0 saturated heterocycles. The highest BCUT2D eigenvalue weighted by Crippen LogP contribution is 2.29. The first-order valence-electron chi connectivity index (χ1n) is 4.02. The van der Waals surface area contributed by atoms with E-state index < -0.39 is 6.10 Å². The maximum Gasteiger partial charge on any atom is 0.166 e. The zero-order chi connectivity index (χ0) is 10.6. The minimum absolute atomic E-state index is 0.491. The van der Waals surface area contributed by atoms with Crippen LogP contribution in [0.1, 0.15) is 11.7 Å². The Morgan fingerprint density at radius 1 is 1.29 bits per heavy atom. The van der Waals surface area contributed by atoms with Crippen LogP contribution in [-0.4, -0.2) is 19.3 Å². The lowest BCUT2D eigenvalue weighted by molar-refractivity contribution is 0.235. The molecule has 1 N–H and O–H groups in total. The maximum atomic E-state index is 9.26. The van der Waals surface area contributed by atoms with Gasteiger partial charge in [-0.15, -0.1) is 0 Å². The van der Waals surface area contributed by atoms with Crippen LogP contribution >= 0.6 is 0 Å². The molecule has 0 heterocycles. The summed E-state index contributed by atoms with van der Waals surface area (Å²) in [5, 5.41) is 17.8. The van der Waals surface area contributed by atoms with Crippen molar-refractivity contribution >= 4 is 0 Å². The number of nitrogens with zero attached hydrogens (tertiary/aromatic N) is 1. The Kier molecular flexibility index (Phi) is 3.32. The van der Waals surface area contributed by atoms with Gasteiger partial charge in [0, 0.05) is 0 Å². The third-order valence-electron chi connectivity index (χ3n) is 1.85. The Bertz CT molecular complexity index is 357. The lowest BCUT2D eigenvalue weighted by atomic mass is 10.1. The van der Waals surface area contributed by atoms with Crippen LogP contribution in [0.2, 0.25) is 0 Å². The van der Waals surface area contributed by atoms with E-state index in [0.29, 0.717) is 17.1 Å². The predicted octanol–water partition coefficient (Wildman–Crippen LogP) is 1.26. The second-order valence-electron chi connectivity index (χ2n) is 2.65. The van der Waals surface area contributed by atoms with Crippen LogP contribution in [0, 0.1) is 11.3 Å². The number of ether oxygens (including phenoxy) is 2. The van der Waals surface area contributed by atoms with Crippen LogP contribution in [0.15, 0.2) is 18.2 Å². The summed E-state index contributed by atoms with van der Waals surface area (Å²) in [5.74, 6) is 1.07. The summed E-state index contributed by atoms with van der Waals surface area (Å²) in [6, 6.07) is 6.57. The maximum absolute atomic E-state index is 9.26. The van der Waals surface area contributed by atoms with E-state index in [4.69, 9.17) is 14.7 Å². The molecule has 0 saturated carbocycles. The molecule has 0 amide bonds. The molecule has 1 aromatic carbocycles. The summed E-state index contributed by atoms with van der Waals surface area (Å²) in [5.41, 5.74) is 0.491. The second-order valence-corrected chi connectivity index (χ2v) is 2.65. The highest BCUT2D eigenvalue weighted by atomic mass is 16.5. The van der Waals surface area contributed by atoms with Crippen LogP contribution in [-0.2, 0) is 0 Å². The van der Waals surface area contributed by atoms with E-state index in [1.807, 2.05) is 0 Å². The molecule has 1 unspecified atom stereocenters. The molecular weight excluding hydrogens is 182 g/mol. The fourth-order valence-electron chi connectivity index (χ4n) is 1.10. The Morgan fingerprint density at radius 3 is 2.43 bits per heavy atom. The molecule has 1 rings (SSSR count). The first-order chi connectivity index (χ1) is 6.72. The number of hydrogen-bond acceptors (Lipinski definition) is 4. The summed E-state index contributed by atoms with van der Waals surface area (Å²) >= 11 is 0. The van der Waals surface area contributed by atoms with E-state index in [-0.39, 0.29) is 0 Å². The van der Waals surface area contributed by atoms with Crippen LogP contribution in [0.4, 0.5) is 0 Å². The third-order valence-corrected chi connectivity index (χ3v) is 1.85. The fourth-order valence-corrected chi connectivity index (χ4v) is 1.10. The Hall–Kier alpha value is -1.73. The van der Waals surface area contributed by atoms with Gasteiger partial charge in [-0.2, -0.15) is 5.26 Å². The van der Waals surface area contributed by atoms with Crippen LogP contribution in [0.3, 0.4) is 0 Å². The highest BCUT2D eigenvalue weighted by molar-refractivity contribution is 5.44. The number of aliphatic hydroxyl groups excluding tert-OH is 1. The smallest absolute Gasteiger partial charge is 0.166 e. The van der Waals surface area contributed by atoms with Gasteiger partial charge in [0.05, 0.1) is 20.3 Å². The van der Waals surface area contributed by atoms with Crippen LogP contribution in [0.25, 0.3) is 0 Å². The molecule has 0 aliphatic heterocycles. The quantitative estimate of drug-likeness (QED) is 0.734. The van der Waals surface area contributed by atoms with Crippen molar-refractivity contribution < 1.29 is 14.6 Å². The summed E-state index contributed by atoms with van der Waals surface area (Å²) in [4.78, 5) is 0. The number of methoxy groups -OCH3 is 2. The molecule has 1 atom stereocenters. The van der Waals surface area contributed by atoms with E-state index >= 15 is 0 Å². The lowest BCUT2D eigenvalue weighted by Crippen LogP contribution is -1.96. The molecule has 74 valence electrons. The molecule has 4 heteroatoms. The number of hydrogen-bond donors (Lipinski definition) is 1. The van der Waals surface area contributed by atoms with Crippen molar-refractivity contribution in [2.75, 3.05) is 14.2 Å². The first kappa shape index (κ1) is 10.4. The summed E-state index contributed by atoms with van der Waals surface area (Å²) in [6.07, 6.45) is -1.13. The van der Waals surface area contributed by atoms with E-state index in [2.05, 4.69) is 0 Å². The minimum Gasteiger partial charge on any atom is -0.493 e. The summed E-state index contributed by atoms with van der Waals surface area (Å²) < 4.78 is 10.0. The number of nitriles is 1. The third kappa shape index (κ3) is 1.95. The summed E-state index contributed by atoms with van der Waals surface area (Å²) in [7, 11) is 3.03. The zero-order valence-electron chi connectivity index (χ0n) is 8.02. The lowest BCUT2D eigenvalue weighted by Gasteiger charge is -2.09. The molecule has 0 spiro atoms. The predicted molar refractivity (Wildman–Crippen MR) is 50.1 cm³/mol. The van der Waals surface area contributed by atoms with Gasteiger partial charge in [0.15, 0.2) is 17.6 Å². The fraction of sp³-hybridized carbons (Fsp3) is 0.300. The van der Waals surface area contributed by atoms with Gasteiger partial charge in [0.2, 0.25) is 0 Å². The van der Waals surface area contributed by atoms with Crippen molar-refractivity contribution in [1.29, 1.82) is 5.26 Å². The van der Waals surface area contributed by atoms with Crippen molar-refractivity contribution in [3.8, 4) is 17.6 Å². The van der Waals surface area contributed by atoms with Gasteiger partial charge in [-0.25, -0.2) is 0 Å². The standard InChI is InChI=1S/C10H11NO3/c1-13-9-4-3-7(8(12)6-11)5-10(9)14-2/h3-5,8,12H,1-2H3. The van der Waals surface area contributed by atoms with Gasteiger partial charge in [-0.3, -0.25) is 0 Å². The molecule has 0 aromatic heterocycles. The average molecular weight is 193 g/mol. The van der Waals surface area contributed by atoms with Gasteiger partial charge in [0.1, 0.15) is 0 Å². The Labute approximate surface area is 82.3 Å². The molecule has 4 nitrogen and oxygen atoms in total. The van der Waals surface area contributed by atoms with Gasteiger partial charge in [0.25, 0.3) is 0 Å². The topological polar surface area (TPSA) is 62.5 Å². The number of benzene rings is 1. The molecule has 0 fully saturated rings. The van der Waals surface area contributed by atoms with E-state index in [9.17, 15) is 5.11 Å². The van der Waals surface area contributed by atoms with Crippen molar-refractivity contribution in [3.05, 3.63) is 23.8 Å².